The highest BCUT2D eigenvalue weighted by molar-refractivity contribution is 7.89. The van der Waals surface area contributed by atoms with Crippen molar-refractivity contribution in [3.05, 3.63) is 59.2 Å². The van der Waals surface area contributed by atoms with E-state index in [2.05, 4.69) is 26.1 Å². The average molecular weight is 473 g/mol. The lowest BCUT2D eigenvalue weighted by Gasteiger charge is -2.29. The van der Waals surface area contributed by atoms with Crippen molar-refractivity contribution in [3.8, 4) is 5.75 Å². The molecule has 0 aliphatic carbocycles. The molecule has 1 saturated heterocycles. The van der Waals surface area contributed by atoms with Gasteiger partial charge >= 0.3 is 0 Å². The summed E-state index contributed by atoms with van der Waals surface area (Å²) in [6.45, 7) is 9.24. The number of amides is 1. The third-order valence-corrected chi connectivity index (χ3v) is 8.26. The fourth-order valence-electron chi connectivity index (χ4n) is 4.20. The molecule has 2 aromatic rings. The summed E-state index contributed by atoms with van der Waals surface area (Å²) >= 11 is 0. The number of nitrogens with one attached hydrogen (secondary N) is 1. The molecular weight excluding hydrogens is 436 g/mol. The number of benzene rings is 2. The number of aryl methyl sites for hydroxylation is 1. The molecule has 6 nitrogen and oxygen atoms in total. The highest BCUT2D eigenvalue weighted by atomic mass is 32.2. The molecule has 0 radical (unpaired) electrons. The molecule has 1 fully saturated rings. The fourth-order valence-corrected chi connectivity index (χ4v) is 5.70. The van der Waals surface area contributed by atoms with Crippen molar-refractivity contribution >= 4 is 15.9 Å². The van der Waals surface area contributed by atoms with Gasteiger partial charge in [-0.05, 0) is 73.4 Å². The second-order valence-electron chi connectivity index (χ2n) is 9.49. The SMILES string of the molecule is COc1ccc([C@@H](CC(C)C)NC(=O)c2cc(S(=O)(=O)N3CCC(C)CC3)ccc2C)cc1. The van der Waals surface area contributed by atoms with E-state index >= 15 is 0 Å². The Morgan fingerprint density at radius 3 is 2.33 bits per heavy atom. The van der Waals surface area contributed by atoms with E-state index in [1.807, 2.05) is 31.2 Å². The van der Waals surface area contributed by atoms with Gasteiger partial charge in [-0.1, -0.05) is 39.0 Å². The van der Waals surface area contributed by atoms with Gasteiger partial charge in [-0.25, -0.2) is 8.42 Å². The number of carbonyl (C=O) groups excluding carboxylic acids is 1. The Kier molecular flexibility index (Phi) is 8.19. The molecule has 0 unspecified atom stereocenters. The Morgan fingerprint density at radius 2 is 1.76 bits per heavy atom. The average Bonchev–Trinajstić information content (AvgIpc) is 2.78. The predicted molar refractivity (Wildman–Crippen MR) is 131 cm³/mol. The summed E-state index contributed by atoms with van der Waals surface area (Å²) in [7, 11) is -2.00. The van der Waals surface area contributed by atoms with Gasteiger partial charge in [0.2, 0.25) is 10.0 Å². The predicted octanol–water partition coefficient (Wildman–Crippen LogP) is 4.94. The van der Waals surface area contributed by atoms with Crippen molar-refractivity contribution in [1.82, 2.24) is 9.62 Å². The van der Waals surface area contributed by atoms with Crippen LogP contribution in [0.25, 0.3) is 0 Å². The van der Waals surface area contributed by atoms with Gasteiger partial charge in [-0.15, -0.1) is 0 Å². The third-order valence-electron chi connectivity index (χ3n) is 6.36. The zero-order chi connectivity index (χ0) is 24.2. The summed E-state index contributed by atoms with van der Waals surface area (Å²) in [5.74, 6) is 1.39. The highest BCUT2D eigenvalue weighted by Gasteiger charge is 2.29. The number of sulfonamides is 1. The van der Waals surface area contributed by atoms with Crippen LogP contribution in [0.1, 0.15) is 67.6 Å². The number of methoxy groups -OCH3 is 1. The number of rotatable bonds is 8. The lowest BCUT2D eigenvalue weighted by Crippen LogP contribution is -2.38. The van der Waals surface area contributed by atoms with E-state index in [1.165, 1.54) is 10.4 Å². The maximum absolute atomic E-state index is 13.3. The van der Waals surface area contributed by atoms with Gasteiger partial charge in [-0.3, -0.25) is 4.79 Å². The van der Waals surface area contributed by atoms with Crippen molar-refractivity contribution in [1.29, 1.82) is 0 Å². The van der Waals surface area contributed by atoms with Crippen molar-refractivity contribution in [2.45, 2.75) is 57.9 Å². The van der Waals surface area contributed by atoms with Crippen molar-refractivity contribution in [3.63, 3.8) is 0 Å². The maximum Gasteiger partial charge on any atom is 0.252 e. The van der Waals surface area contributed by atoms with E-state index < -0.39 is 10.0 Å². The molecule has 1 aliphatic rings. The zero-order valence-electron chi connectivity index (χ0n) is 20.3. The second kappa shape index (κ2) is 10.7. The van der Waals surface area contributed by atoms with Crippen LogP contribution in [0.5, 0.6) is 5.75 Å². The van der Waals surface area contributed by atoms with Gasteiger partial charge in [0.15, 0.2) is 0 Å². The Labute approximate surface area is 198 Å². The summed E-state index contributed by atoms with van der Waals surface area (Å²) < 4.78 is 33.2. The largest absolute Gasteiger partial charge is 0.497 e. The molecule has 33 heavy (non-hydrogen) atoms. The van der Waals surface area contributed by atoms with Crippen molar-refractivity contribution in [2.75, 3.05) is 20.2 Å². The molecule has 7 heteroatoms. The summed E-state index contributed by atoms with van der Waals surface area (Å²) in [6.07, 6.45) is 2.48. The molecule has 0 saturated carbocycles. The molecule has 0 bridgehead atoms. The zero-order valence-corrected chi connectivity index (χ0v) is 21.1. The number of hydrogen-bond donors (Lipinski definition) is 1. The van der Waals surface area contributed by atoms with Gasteiger partial charge < -0.3 is 10.1 Å². The summed E-state index contributed by atoms with van der Waals surface area (Å²) in [5, 5.41) is 3.14. The lowest BCUT2D eigenvalue weighted by molar-refractivity contribution is 0.0931. The van der Waals surface area contributed by atoms with Gasteiger partial charge in [0.05, 0.1) is 18.0 Å². The number of nitrogens with zero attached hydrogens (tertiary/aromatic N) is 1. The minimum atomic E-state index is -3.63. The molecule has 0 aromatic heterocycles. The molecule has 0 spiro atoms. The molecule has 1 heterocycles. The molecule has 180 valence electrons. The lowest BCUT2D eigenvalue weighted by atomic mass is 9.96. The minimum absolute atomic E-state index is 0.178. The van der Waals surface area contributed by atoms with E-state index in [-0.39, 0.29) is 16.8 Å². The van der Waals surface area contributed by atoms with Crippen LogP contribution < -0.4 is 10.1 Å². The molecule has 3 rings (SSSR count). The summed E-state index contributed by atoms with van der Waals surface area (Å²) in [5.41, 5.74) is 2.13. The van der Waals surface area contributed by atoms with Gasteiger partial charge in [0.1, 0.15) is 5.75 Å². The molecular formula is C26H36N2O4S. The Bertz CT molecular complexity index is 1060. The first-order valence-corrected chi connectivity index (χ1v) is 13.1. The standard InChI is InChI=1S/C26H36N2O4S/c1-18(2)16-25(21-7-9-22(32-5)10-8-21)27-26(29)24-17-23(11-6-20(24)4)33(30,31)28-14-12-19(3)13-15-28/h6-11,17-19,25H,12-16H2,1-5H3,(H,27,29)/t25-/m1/s1. The van der Waals surface area contributed by atoms with E-state index in [9.17, 15) is 13.2 Å². The Hall–Kier alpha value is -2.38. The van der Waals surface area contributed by atoms with Crippen LogP contribution in [0.2, 0.25) is 0 Å². The maximum atomic E-state index is 13.3. The van der Waals surface area contributed by atoms with Crippen molar-refractivity contribution < 1.29 is 17.9 Å². The van der Waals surface area contributed by atoms with E-state index in [0.717, 1.165) is 36.1 Å². The topological polar surface area (TPSA) is 75.7 Å². The fraction of sp³-hybridized carbons (Fsp3) is 0.500. The molecule has 2 aromatic carbocycles. The third kappa shape index (κ3) is 6.15. The smallest absolute Gasteiger partial charge is 0.252 e. The first kappa shape index (κ1) is 25.2. The number of carbonyl (C=O) groups is 1. The second-order valence-corrected chi connectivity index (χ2v) is 11.4. The minimum Gasteiger partial charge on any atom is -0.497 e. The molecule has 1 atom stereocenters. The van der Waals surface area contributed by atoms with Crippen LogP contribution >= 0.6 is 0 Å². The number of piperidine rings is 1. The van der Waals surface area contributed by atoms with Crippen LogP contribution in [0.15, 0.2) is 47.4 Å². The highest BCUT2D eigenvalue weighted by Crippen LogP contribution is 2.27. The van der Waals surface area contributed by atoms with E-state index in [0.29, 0.717) is 30.5 Å². The van der Waals surface area contributed by atoms with Crippen LogP contribution in [0, 0.1) is 18.8 Å². The number of hydrogen-bond acceptors (Lipinski definition) is 4. The normalized spacial score (nSPS) is 16.5. The van der Waals surface area contributed by atoms with Crippen LogP contribution in [-0.2, 0) is 10.0 Å². The van der Waals surface area contributed by atoms with Crippen LogP contribution in [0.4, 0.5) is 0 Å². The van der Waals surface area contributed by atoms with Crippen LogP contribution in [-0.4, -0.2) is 38.8 Å². The first-order valence-electron chi connectivity index (χ1n) is 11.7. The van der Waals surface area contributed by atoms with Gasteiger partial charge in [-0.2, -0.15) is 4.31 Å². The summed E-state index contributed by atoms with van der Waals surface area (Å²) in [6, 6.07) is 12.3. The van der Waals surface area contributed by atoms with E-state index in [4.69, 9.17) is 4.74 Å². The van der Waals surface area contributed by atoms with Gasteiger partial charge in [0, 0.05) is 18.7 Å². The van der Waals surface area contributed by atoms with Crippen molar-refractivity contribution in [2.24, 2.45) is 11.8 Å². The molecule has 1 aliphatic heterocycles. The monoisotopic (exact) mass is 472 g/mol. The molecule has 1 amide bonds. The first-order chi connectivity index (χ1) is 15.6. The van der Waals surface area contributed by atoms with Crippen LogP contribution in [0.3, 0.4) is 0 Å². The summed E-state index contributed by atoms with van der Waals surface area (Å²) in [4.78, 5) is 13.5. The Morgan fingerprint density at radius 1 is 1.12 bits per heavy atom. The quantitative estimate of drug-likeness (QED) is 0.590. The molecule has 1 N–H and O–H groups in total. The number of ether oxygens (including phenoxy) is 1. The van der Waals surface area contributed by atoms with Gasteiger partial charge in [0.25, 0.3) is 5.91 Å². The Balaban J connectivity index is 1.85. The van der Waals surface area contributed by atoms with E-state index in [1.54, 1.807) is 19.2 Å².